The Hall–Kier alpha value is -1.52. The molecule has 0 radical (unpaired) electrons. The van der Waals surface area contributed by atoms with Crippen LogP contribution < -0.4 is 0 Å². The zero-order valence-corrected chi connectivity index (χ0v) is 21.8. The van der Waals surface area contributed by atoms with Gasteiger partial charge in [-0.15, -0.1) is 0 Å². The second kappa shape index (κ2) is 9.85. The summed E-state index contributed by atoms with van der Waals surface area (Å²) >= 11 is 5.84. The molecule has 5 rings (SSSR count). The lowest BCUT2D eigenvalue weighted by Gasteiger charge is -2.57. The molecule has 1 aromatic carbocycles. The van der Waals surface area contributed by atoms with Crippen molar-refractivity contribution in [3.8, 4) is 0 Å². The van der Waals surface area contributed by atoms with Gasteiger partial charge in [-0.25, -0.2) is 8.42 Å². The molecule has 8 nitrogen and oxygen atoms in total. The first kappa shape index (κ1) is 25.6. The van der Waals surface area contributed by atoms with Crippen molar-refractivity contribution in [2.24, 2.45) is 17.3 Å². The molecule has 0 aromatic heterocycles. The van der Waals surface area contributed by atoms with Gasteiger partial charge in [0.1, 0.15) is 5.02 Å². The molecule has 1 aromatic rings. The monoisotopic (exact) mass is 510 g/mol. The normalized spacial score (nSPS) is 25.1. The van der Waals surface area contributed by atoms with Gasteiger partial charge in [-0.3, -0.25) is 19.9 Å². The van der Waals surface area contributed by atoms with Crippen LogP contribution in [0.1, 0.15) is 33.6 Å². The number of piperazine rings is 1. The van der Waals surface area contributed by atoms with Crippen LogP contribution in [0.25, 0.3) is 0 Å². The predicted octanol–water partition coefficient (Wildman–Crippen LogP) is 3.87. The zero-order chi connectivity index (χ0) is 24.7. The molecule has 4 aliphatic rings. The highest BCUT2D eigenvalue weighted by Gasteiger charge is 2.51. The Morgan fingerprint density at radius 1 is 1.24 bits per heavy atom. The number of likely N-dealkylation sites (N-methyl/N-ethyl adjacent to an activating group) is 1. The van der Waals surface area contributed by atoms with Crippen LogP contribution in [0, 0.1) is 27.4 Å². The van der Waals surface area contributed by atoms with Crippen LogP contribution in [0.2, 0.25) is 5.02 Å². The summed E-state index contributed by atoms with van der Waals surface area (Å²) in [4.78, 5) is 15.2. The Labute approximate surface area is 207 Å². The average molecular weight is 511 g/mol. The Morgan fingerprint density at radius 2 is 1.94 bits per heavy atom. The van der Waals surface area contributed by atoms with Crippen molar-refractivity contribution < 1.29 is 13.3 Å². The Morgan fingerprint density at radius 3 is 2.53 bits per heavy atom. The summed E-state index contributed by atoms with van der Waals surface area (Å²) in [6.45, 7) is 12.9. The SMILES string of the molecule is CCN(CCN1CCN(S(=O)(=O)c2ccc(Cl)c([N+](=O)[O-])c2)CC1)CC1=CCC2CC1C2(C)C. The first-order valence-electron chi connectivity index (χ1n) is 12.1. The molecule has 2 atom stereocenters. The first-order chi connectivity index (χ1) is 16.0. The van der Waals surface area contributed by atoms with Crippen LogP contribution in [0.3, 0.4) is 0 Å². The molecule has 1 heterocycles. The van der Waals surface area contributed by atoms with Crippen LogP contribution in [0.15, 0.2) is 34.7 Å². The summed E-state index contributed by atoms with van der Waals surface area (Å²) in [7, 11) is -3.80. The molecule has 2 fully saturated rings. The molecule has 1 saturated heterocycles. The van der Waals surface area contributed by atoms with E-state index < -0.39 is 20.6 Å². The van der Waals surface area contributed by atoms with E-state index in [9.17, 15) is 18.5 Å². The third kappa shape index (κ3) is 4.91. The number of hydrogen-bond donors (Lipinski definition) is 0. The maximum Gasteiger partial charge on any atom is 0.289 e. The minimum Gasteiger partial charge on any atom is -0.299 e. The van der Waals surface area contributed by atoms with Gasteiger partial charge in [0.05, 0.1) is 9.82 Å². The standard InChI is InChI=1S/C24H35ClN4O4S/c1-4-26(17-18-5-6-19-15-21(18)24(19,2)3)9-10-27-11-13-28(14-12-27)34(32,33)20-7-8-22(25)23(16-20)29(30)31/h5,7-8,16,19,21H,4,6,9-15,17H2,1-3H3. The smallest absolute Gasteiger partial charge is 0.289 e. The largest absolute Gasteiger partial charge is 0.299 e. The summed E-state index contributed by atoms with van der Waals surface area (Å²) < 4.78 is 27.5. The summed E-state index contributed by atoms with van der Waals surface area (Å²) in [5.74, 6) is 1.57. The first-order valence-corrected chi connectivity index (χ1v) is 13.9. The van der Waals surface area contributed by atoms with Gasteiger partial charge in [0, 0.05) is 51.9 Å². The Kier molecular flexibility index (Phi) is 7.41. The van der Waals surface area contributed by atoms with Crippen LogP contribution in [0.4, 0.5) is 5.69 Å². The molecule has 2 unspecified atom stereocenters. The number of fused-ring (bicyclic) bond motifs is 1. The number of rotatable bonds is 9. The molecule has 0 amide bonds. The van der Waals surface area contributed by atoms with Crippen molar-refractivity contribution in [1.29, 1.82) is 0 Å². The molecule has 3 aliphatic carbocycles. The second-order valence-corrected chi connectivity index (χ2v) is 12.7. The van der Waals surface area contributed by atoms with Gasteiger partial charge in [-0.1, -0.05) is 44.0 Å². The predicted molar refractivity (Wildman–Crippen MR) is 133 cm³/mol. The lowest BCUT2D eigenvalue weighted by atomic mass is 9.49. The third-order valence-electron chi connectivity index (χ3n) is 8.25. The molecule has 188 valence electrons. The van der Waals surface area contributed by atoms with E-state index in [2.05, 4.69) is 36.6 Å². The van der Waals surface area contributed by atoms with E-state index in [-0.39, 0.29) is 9.92 Å². The van der Waals surface area contributed by atoms with Crippen molar-refractivity contribution in [2.45, 2.75) is 38.5 Å². The van der Waals surface area contributed by atoms with Gasteiger partial charge in [-0.05, 0) is 48.8 Å². The zero-order valence-electron chi connectivity index (χ0n) is 20.2. The van der Waals surface area contributed by atoms with E-state index >= 15 is 0 Å². The molecule has 2 bridgehead atoms. The number of sulfonamides is 1. The van der Waals surface area contributed by atoms with E-state index in [1.54, 1.807) is 5.57 Å². The number of benzene rings is 1. The van der Waals surface area contributed by atoms with Gasteiger partial charge in [-0.2, -0.15) is 4.31 Å². The number of nitro groups is 1. The van der Waals surface area contributed by atoms with E-state index in [4.69, 9.17) is 11.6 Å². The van der Waals surface area contributed by atoms with Gasteiger partial charge in [0.25, 0.3) is 5.69 Å². The van der Waals surface area contributed by atoms with E-state index in [1.165, 1.54) is 29.3 Å². The summed E-state index contributed by atoms with van der Waals surface area (Å²) in [6, 6.07) is 3.66. The molecule has 1 aliphatic heterocycles. The maximum atomic E-state index is 13.0. The highest BCUT2D eigenvalue weighted by Crippen LogP contribution is 2.59. The topological polar surface area (TPSA) is 87.0 Å². The number of hydrogen-bond acceptors (Lipinski definition) is 6. The van der Waals surface area contributed by atoms with Crippen LogP contribution >= 0.6 is 11.6 Å². The lowest BCUT2D eigenvalue weighted by molar-refractivity contribution is -0.384. The van der Waals surface area contributed by atoms with E-state index in [0.29, 0.717) is 31.6 Å². The molecule has 0 spiro atoms. The highest BCUT2D eigenvalue weighted by atomic mass is 35.5. The van der Waals surface area contributed by atoms with Gasteiger partial charge < -0.3 is 0 Å². The van der Waals surface area contributed by atoms with Gasteiger partial charge in [0.15, 0.2) is 0 Å². The van der Waals surface area contributed by atoms with Crippen molar-refractivity contribution in [3.63, 3.8) is 0 Å². The van der Waals surface area contributed by atoms with Crippen molar-refractivity contribution >= 4 is 27.3 Å². The maximum absolute atomic E-state index is 13.0. The fraction of sp³-hybridized carbons (Fsp3) is 0.667. The van der Waals surface area contributed by atoms with Gasteiger partial charge >= 0.3 is 0 Å². The second-order valence-electron chi connectivity index (χ2n) is 10.3. The molecule has 1 saturated carbocycles. The number of nitro benzene ring substituents is 1. The highest BCUT2D eigenvalue weighted by molar-refractivity contribution is 7.89. The fourth-order valence-electron chi connectivity index (χ4n) is 5.68. The minimum absolute atomic E-state index is 0.0704. The van der Waals surface area contributed by atoms with Crippen LogP contribution in [-0.4, -0.2) is 79.8 Å². The molecular formula is C24H35ClN4O4S. The van der Waals surface area contributed by atoms with Crippen molar-refractivity contribution in [1.82, 2.24) is 14.1 Å². The Balaban J connectivity index is 1.29. The summed E-state index contributed by atoms with van der Waals surface area (Å²) in [5, 5.41) is 11.1. The fourth-order valence-corrected chi connectivity index (χ4v) is 7.31. The van der Waals surface area contributed by atoms with Crippen molar-refractivity contribution in [2.75, 3.05) is 52.4 Å². The number of halogens is 1. The Bertz CT molecular complexity index is 1070. The van der Waals surface area contributed by atoms with E-state index in [1.807, 2.05) is 0 Å². The van der Waals surface area contributed by atoms with Crippen molar-refractivity contribution in [3.05, 3.63) is 45.0 Å². The minimum atomic E-state index is -3.80. The van der Waals surface area contributed by atoms with E-state index in [0.717, 1.165) is 44.1 Å². The lowest BCUT2D eigenvalue weighted by Crippen LogP contribution is -2.51. The summed E-state index contributed by atoms with van der Waals surface area (Å²) in [6.07, 6.45) is 5.02. The molecule has 0 N–H and O–H groups in total. The van der Waals surface area contributed by atoms with Crippen LogP contribution in [-0.2, 0) is 10.0 Å². The number of allylic oxidation sites excluding steroid dienone is 1. The van der Waals surface area contributed by atoms with Crippen LogP contribution in [0.5, 0.6) is 0 Å². The molecule has 34 heavy (non-hydrogen) atoms. The van der Waals surface area contributed by atoms with Gasteiger partial charge in [0.2, 0.25) is 10.0 Å². The summed E-state index contributed by atoms with van der Waals surface area (Å²) in [5.41, 5.74) is 1.65. The third-order valence-corrected chi connectivity index (χ3v) is 10.5. The quantitative estimate of drug-likeness (QED) is 0.285. The number of nitrogens with zero attached hydrogens (tertiary/aromatic N) is 4. The molecule has 10 heteroatoms. The average Bonchev–Trinajstić information content (AvgIpc) is 2.81. The molecular weight excluding hydrogens is 476 g/mol.